The Morgan fingerprint density at radius 2 is 2.00 bits per heavy atom. The van der Waals surface area contributed by atoms with Crippen LogP contribution in [-0.4, -0.2) is 52.8 Å². The summed E-state index contributed by atoms with van der Waals surface area (Å²) in [5.41, 5.74) is 0.641. The van der Waals surface area contributed by atoms with Crippen LogP contribution in [0.1, 0.15) is 47.2 Å². The molecule has 8 heteroatoms. The maximum absolute atomic E-state index is 12.8. The second kappa shape index (κ2) is 7.79. The number of carbonyl (C=O) groups excluding carboxylic acids is 2. The van der Waals surface area contributed by atoms with E-state index in [9.17, 15) is 9.59 Å². The molecule has 4 heterocycles. The summed E-state index contributed by atoms with van der Waals surface area (Å²) in [6.07, 6.45) is 4.04. The van der Waals surface area contributed by atoms with Gasteiger partial charge in [-0.05, 0) is 39.2 Å². The van der Waals surface area contributed by atoms with E-state index >= 15 is 0 Å². The van der Waals surface area contributed by atoms with Crippen LogP contribution in [-0.2, 0) is 9.53 Å². The topological polar surface area (TPSA) is 89.6 Å². The minimum atomic E-state index is -0.0931. The van der Waals surface area contributed by atoms with Crippen LogP contribution in [0.4, 0.5) is 5.82 Å². The van der Waals surface area contributed by atoms with Crippen molar-refractivity contribution < 1.29 is 18.7 Å². The number of amides is 2. The quantitative estimate of drug-likeness (QED) is 0.872. The van der Waals surface area contributed by atoms with E-state index in [1.807, 2.05) is 29.5 Å². The number of nitrogens with one attached hydrogen (secondary N) is 1. The molecule has 2 saturated heterocycles. The molecule has 0 bridgehead atoms. The molecular formula is C20H26N4O4. The lowest BCUT2D eigenvalue weighted by molar-refractivity contribution is -0.119. The van der Waals surface area contributed by atoms with Crippen LogP contribution in [0.25, 0.3) is 0 Å². The molecule has 2 aromatic rings. The smallest absolute Gasteiger partial charge is 0.257 e. The third-order valence-electron chi connectivity index (χ3n) is 5.59. The van der Waals surface area contributed by atoms with E-state index in [1.54, 1.807) is 12.3 Å². The van der Waals surface area contributed by atoms with Crippen molar-refractivity contribution in [2.24, 2.45) is 5.92 Å². The third kappa shape index (κ3) is 3.69. The fourth-order valence-corrected chi connectivity index (χ4v) is 4.00. The first-order chi connectivity index (χ1) is 13.5. The molecule has 0 radical (unpaired) electrons. The second-order valence-corrected chi connectivity index (χ2v) is 7.56. The van der Waals surface area contributed by atoms with Crippen molar-refractivity contribution in [3.05, 3.63) is 35.4 Å². The number of nitrogens with zero attached hydrogens (tertiary/aromatic N) is 3. The molecule has 0 aromatic carbocycles. The average molecular weight is 386 g/mol. The summed E-state index contributed by atoms with van der Waals surface area (Å²) in [6, 6.07) is 3.78. The molecule has 1 atom stereocenters. The molecule has 2 fully saturated rings. The first-order valence-electron chi connectivity index (χ1n) is 9.81. The third-order valence-corrected chi connectivity index (χ3v) is 5.59. The summed E-state index contributed by atoms with van der Waals surface area (Å²) in [4.78, 5) is 27.0. The summed E-state index contributed by atoms with van der Waals surface area (Å²) in [7, 11) is 0. The highest BCUT2D eigenvalue weighted by atomic mass is 16.5. The highest BCUT2D eigenvalue weighted by Crippen LogP contribution is 2.27. The number of carbonyl (C=O) groups is 2. The lowest BCUT2D eigenvalue weighted by atomic mass is 10.0. The van der Waals surface area contributed by atoms with Crippen molar-refractivity contribution in [1.82, 2.24) is 14.7 Å². The zero-order chi connectivity index (χ0) is 19.7. The van der Waals surface area contributed by atoms with Crippen LogP contribution in [0, 0.1) is 19.8 Å². The van der Waals surface area contributed by atoms with Gasteiger partial charge < -0.3 is 19.4 Å². The van der Waals surface area contributed by atoms with Crippen LogP contribution in [0.15, 0.2) is 22.7 Å². The van der Waals surface area contributed by atoms with E-state index in [2.05, 4.69) is 10.4 Å². The number of aryl methyl sites for hydroxylation is 2. The minimum absolute atomic E-state index is 0.0160. The van der Waals surface area contributed by atoms with Crippen molar-refractivity contribution in [1.29, 1.82) is 0 Å². The SMILES string of the molecule is Cc1cc(C(=O)N2CCC(n3nccc3NC(=O)C3CCOC3)CC2)c(C)o1. The van der Waals surface area contributed by atoms with Gasteiger partial charge in [0.2, 0.25) is 5.91 Å². The maximum Gasteiger partial charge on any atom is 0.257 e. The molecule has 1 N–H and O–H groups in total. The van der Waals surface area contributed by atoms with Gasteiger partial charge in [-0.25, -0.2) is 4.68 Å². The van der Waals surface area contributed by atoms with E-state index in [-0.39, 0.29) is 23.8 Å². The van der Waals surface area contributed by atoms with Crippen molar-refractivity contribution >= 4 is 17.6 Å². The van der Waals surface area contributed by atoms with Gasteiger partial charge in [-0.1, -0.05) is 0 Å². The summed E-state index contributed by atoms with van der Waals surface area (Å²) in [5, 5.41) is 7.41. The van der Waals surface area contributed by atoms with Crippen LogP contribution >= 0.6 is 0 Å². The summed E-state index contributed by atoms with van der Waals surface area (Å²) >= 11 is 0. The Bertz CT molecular complexity index is 857. The van der Waals surface area contributed by atoms with E-state index in [1.165, 1.54) is 0 Å². The average Bonchev–Trinajstić information content (AvgIpc) is 3.43. The Morgan fingerprint density at radius 1 is 1.21 bits per heavy atom. The van der Waals surface area contributed by atoms with Crippen LogP contribution in [0.3, 0.4) is 0 Å². The Hall–Kier alpha value is -2.61. The number of furan rings is 1. The number of aromatic nitrogens is 2. The molecule has 4 rings (SSSR count). The van der Waals surface area contributed by atoms with Gasteiger partial charge in [-0.3, -0.25) is 9.59 Å². The van der Waals surface area contributed by atoms with E-state index in [0.717, 1.165) is 25.0 Å². The Labute approximate surface area is 163 Å². The van der Waals surface area contributed by atoms with Gasteiger partial charge in [0.15, 0.2) is 0 Å². The predicted octanol–water partition coefficient (Wildman–Crippen LogP) is 2.55. The number of rotatable bonds is 4. The maximum atomic E-state index is 12.8. The van der Waals surface area contributed by atoms with Crippen molar-refractivity contribution in [3.63, 3.8) is 0 Å². The van der Waals surface area contributed by atoms with Crippen molar-refractivity contribution in [3.8, 4) is 0 Å². The van der Waals surface area contributed by atoms with Crippen molar-refractivity contribution in [2.45, 2.75) is 39.2 Å². The van der Waals surface area contributed by atoms with Crippen molar-refractivity contribution in [2.75, 3.05) is 31.6 Å². The number of ether oxygens (including phenoxy) is 1. The number of piperidine rings is 1. The highest BCUT2D eigenvalue weighted by molar-refractivity contribution is 5.95. The second-order valence-electron chi connectivity index (χ2n) is 7.56. The van der Waals surface area contributed by atoms with Crippen LogP contribution < -0.4 is 5.32 Å². The lowest BCUT2D eigenvalue weighted by Crippen LogP contribution is -2.39. The molecule has 1 unspecified atom stereocenters. The largest absolute Gasteiger partial charge is 0.466 e. The first kappa shape index (κ1) is 18.7. The molecular weight excluding hydrogens is 360 g/mol. The molecule has 0 spiro atoms. The molecule has 2 aliphatic heterocycles. The van der Waals surface area contributed by atoms with Gasteiger partial charge in [-0.15, -0.1) is 0 Å². The molecule has 2 aromatic heterocycles. The zero-order valence-corrected chi connectivity index (χ0v) is 16.3. The van der Waals surface area contributed by atoms with E-state index in [4.69, 9.17) is 9.15 Å². The minimum Gasteiger partial charge on any atom is -0.466 e. The van der Waals surface area contributed by atoms with E-state index < -0.39 is 0 Å². The molecule has 2 aliphatic rings. The summed E-state index contributed by atoms with van der Waals surface area (Å²) < 4.78 is 12.7. The fourth-order valence-electron chi connectivity index (χ4n) is 4.00. The lowest BCUT2D eigenvalue weighted by Gasteiger charge is -2.32. The normalized spacial score (nSPS) is 20.5. The molecule has 150 valence electrons. The standard InChI is InChI=1S/C20H26N4O4/c1-13-11-17(14(2)28-13)20(26)23-8-4-16(5-9-23)24-18(3-7-21-24)22-19(25)15-6-10-27-12-15/h3,7,11,15-16H,4-6,8-10,12H2,1-2H3,(H,22,25). The van der Waals surface area contributed by atoms with E-state index in [0.29, 0.717) is 43.4 Å². The molecule has 0 saturated carbocycles. The monoisotopic (exact) mass is 386 g/mol. The number of hydrogen-bond acceptors (Lipinski definition) is 5. The number of likely N-dealkylation sites (tertiary alicyclic amines) is 1. The van der Waals surface area contributed by atoms with Gasteiger partial charge in [0.05, 0.1) is 30.3 Å². The van der Waals surface area contributed by atoms with Gasteiger partial charge in [-0.2, -0.15) is 5.10 Å². The molecule has 8 nitrogen and oxygen atoms in total. The van der Waals surface area contributed by atoms with Gasteiger partial charge in [0.25, 0.3) is 5.91 Å². The predicted molar refractivity (Wildman–Crippen MR) is 102 cm³/mol. The van der Waals surface area contributed by atoms with Crippen LogP contribution in [0.2, 0.25) is 0 Å². The Kier molecular flexibility index (Phi) is 5.21. The molecule has 2 amide bonds. The van der Waals surface area contributed by atoms with Crippen LogP contribution in [0.5, 0.6) is 0 Å². The molecule has 28 heavy (non-hydrogen) atoms. The summed E-state index contributed by atoms with van der Waals surface area (Å²) in [5.74, 6) is 2.03. The number of anilines is 1. The highest BCUT2D eigenvalue weighted by Gasteiger charge is 2.29. The molecule has 0 aliphatic carbocycles. The Morgan fingerprint density at radius 3 is 2.64 bits per heavy atom. The van der Waals surface area contributed by atoms with Gasteiger partial charge in [0, 0.05) is 25.8 Å². The zero-order valence-electron chi connectivity index (χ0n) is 16.3. The number of hydrogen-bond donors (Lipinski definition) is 1. The fraction of sp³-hybridized carbons (Fsp3) is 0.550. The first-order valence-corrected chi connectivity index (χ1v) is 9.81. The van der Waals surface area contributed by atoms with Gasteiger partial charge >= 0.3 is 0 Å². The Balaban J connectivity index is 1.38. The van der Waals surface area contributed by atoms with Gasteiger partial charge in [0.1, 0.15) is 17.3 Å². The summed E-state index contributed by atoms with van der Waals surface area (Å²) in [6.45, 7) is 6.09.